The Labute approximate surface area is 134 Å². The molecule has 0 aliphatic carbocycles. The van der Waals surface area contributed by atoms with Crippen LogP contribution in [-0.2, 0) is 9.53 Å². The van der Waals surface area contributed by atoms with Crippen LogP contribution in [-0.4, -0.2) is 47.6 Å². The molecular formula is C17H32NO4+. The summed E-state index contributed by atoms with van der Waals surface area (Å²) < 4.78 is 6.89. The Kier molecular flexibility index (Phi) is 7.13. The second-order valence-corrected chi connectivity index (χ2v) is 7.43. The maximum atomic E-state index is 12.1. The minimum absolute atomic E-state index is 0.0405. The molecular weight excluding hydrogens is 282 g/mol. The Hall–Kier alpha value is -0.810. The van der Waals surface area contributed by atoms with E-state index in [9.17, 15) is 14.8 Å². The first-order valence-corrected chi connectivity index (χ1v) is 8.38. The van der Waals surface area contributed by atoms with Crippen molar-refractivity contribution in [2.45, 2.75) is 65.8 Å². The van der Waals surface area contributed by atoms with Gasteiger partial charge in [0.2, 0.25) is 6.54 Å². The minimum atomic E-state index is -0.692. The summed E-state index contributed by atoms with van der Waals surface area (Å²) in [6.45, 7) is 10.3. The topological polar surface area (TPSA) is 66.6 Å². The van der Waals surface area contributed by atoms with Crippen LogP contribution in [0.25, 0.3) is 0 Å². The quantitative estimate of drug-likeness (QED) is 0.699. The van der Waals surface area contributed by atoms with Gasteiger partial charge in [0.05, 0.1) is 12.2 Å². The molecule has 5 heteroatoms. The average molecular weight is 314 g/mol. The van der Waals surface area contributed by atoms with Gasteiger partial charge in [-0.2, -0.15) is 0 Å². The number of aliphatic hydroxyl groups is 1. The summed E-state index contributed by atoms with van der Waals surface area (Å²) in [5, 5.41) is 9.99. The highest BCUT2D eigenvalue weighted by molar-refractivity contribution is 5.80. The van der Waals surface area contributed by atoms with Crippen LogP contribution in [0.15, 0.2) is 0 Å². The molecule has 0 aromatic rings. The molecule has 0 aromatic heterocycles. The van der Waals surface area contributed by atoms with E-state index in [1.54, 1.807) is 0 Å². The molecule has 1 saturated heterocycles. The SMILES string of the molecule is CC(C)C(=O)C[C@@H]1[C@@H](C)[C@@H](CC(O)C[N+](C)=O)O[C@H]1C(C)C. The van der Waals surface area contributed by atoms with Crippen LogP contribution < -0.4 is 0 Å². The van der Waals surface area contributed by atoms with Crippen LogP contribution in [0.2, 0.25) is 0 Å². The largest absolute Gasteiger partial charge is 0.386 e. The van der Waals surface area contributed by atoms with Crippen molar-refractivity contribution in [1.82, 2.24) is 0 Å². The lowest BCUT2D eigenvalue weighted by Gasteiger charge is -2.24. The molecule has 0 aromatic carbocycles. The molecule has 5 atom stereocenters. The Balaban J connectivity index is 2.75. The molecule has 0 saturated carbocycles. The zero-order chi connectivity index (χ0) is 17.0. The highest BCUT2D eigenvalue weighted by Crippen LogP contribution is 2.40. The summed E-state index contributed by atoms with van der Waals surface area (Å²) in [6, 6.07) is 0. The lowest BCUT2D eigenvalue weighted by molar-refractivity contribution is -0.528. The average Bonchev–Trinajstić information content (AvgIpc) is 2.66. The van der Waals surface area contributed by atoms with Crippen molar-refractivity contribution in [3.8, 4) is 0 Å². The van der Waals surface area contributed by atoms with Gasteiger partial charge in [-0.15, -0.1) is 0 Å². The second kappa shape index (κ2) is 8.16. The normalized spacial score (nSPS) is 30.0. The van der Waals surface area contributed by atoms with E-state index in [1.807, 2.05) is 13.8 Å². The van der Waals surface area contributed by atoms with Gasteiger partial charge in [0, 0.05) is 23.7 Å². The van der Waals surface area contributed by atoms with E-state index in [-0.39, 0.29) is 42.3 Å². The van der Waals surface area contributed by atoms with Crippen molar-refractivity contribution in [2.24, 2.45) is 23.7 Å². The van der Waals surface area contributed by atoms with Gasteiger partial charge in [-0.25, -0.2) is 0 Å². The van der Waals surface area contributed by atoms with Crippen LogP contribution in [0.3, 0.4) is 0 Å². The number of rotatable bonds is 8. The lowest BCUT2D eigenvalue weighted by Crippen LogP contribution is -2.29. The maximum Gasteiger partial charge on any atom is 0.217 e. The zero-order valence-corrected chi connectivity index (χ0v) is 14.8. The molecule has 1 rings (SSSR count). The number of nitrogens with zero attached hydrogens (tertiary/aromatic N) is 1. The van der Waals surface area contributed by atoms with Gasteiger partial charge in [0.25, 0.3) is 0 Å². The van der Waals surface area contributed by atoms with Gasteiger partial charge in [-0.3, -0.25) is 4.79 Å². The van der Waals surface area contributed by atoms with E-state index in [0.29, 0.717) is 18.8 Å². The summed E-state index contributed by atoms with van der Waals surface area (Å²) in [4.78, 5) is 23.2. The Morgan fingerprint density at radius 1 is 1.27 bits per heavy atom. The van der Waals surface area contributed by atoms with Crippen LogP contribution in [0.4, 0.5) is 0 Å². The molecule has 1 fully saturated rings. The van der Waals surface area contributed by atoms with Gasteiger partial charge in [-0.05, 0) is 22.5 Å². The van der Waals surface area contributed by atoms with Crippen LogP contribution in [0, 0.1) is 28.6 Å². The first-order valence-electron chi connectivity index (χ1n) is 8.38. The number of ketones is 1. The van der Waals surface area contributed by atoms with E-state index in [4.69, 9.17) is 4.74 Å². The smallest absolute Gasteiger partial charge is 0.217 e. The summed E-state index contributed by atoms with van der Waals surface area (Å²) in [6.07, 6.45) is 0.244. The first-order chi connectivity index (χ1) is 10.1. The second-order valence-electron chi connectivity index (χ2n) is 7.43. The zero-order valence-electron chi connectivity index (χ0n) is 14.8. The predicted octanol–water partition coefficient (Wildman–Crippen LogP) is 2.44. The monoisotopic (exact) mass is 314 g/mol. The van der Waals surface area contributed by atoms with Crippen molar-refractivity contribution in [3.05, 3.63) is 4.91 Å². The van der Waals surface area contributed by atoms with Crippen LogP contribution >= 0.6 is 0 Å². The Morgan fingerprint density at radius 2 is 1.86 bits per heavy atom. The Morgan fingerprint density at radius 3 is 2.32 bits per heavy atom. The van der Waals surface area contributed by atoms with Crippen molar-refractivity contribution < 1.29 is 19.4 Å². The summed E-state index contributed by atoms with van der Waals surface area (Å²) >= 11 is 0. The van der Waals surface area contributed by atoms with Crippen molar-refractivity contribution in [2.75, 3.05) is 13.6 Å². The highest BCUT2D eigenvalue weighted by atomic mass is 16.5. The summed E-state index contributed by atoms with van der Waals surface area (Å²) in [5.74, 6) is 1.04. The molecule has 22 heavy (non-hydrogen) atoms. The fourth-order valence-corrected chi connectivity index (χ4v) is 3.33. The fourth-order valence-electron chi connectivity index (χ4n) is 3.33. The van der Waals surface area contributed by atoms with Gasteiger partial charge in [0.15, 0.2) is 7.05 Å². The van der Waals surface area contributed by atoms with Crippen molar-refractivity contribution in [1.29, 1.82) is 0 Å². The van der Waals surface area contributed by atoms with E-state index < -0.39 is 6.10 Å². The van der Waals surface area contributed by atoms with Crippen LogP contribution in [0.1, 0.15) is 47.5 Å². The van der Waals surface area contributed by atoms with E-state index >= 15 is 0 Å². The van der Waals surface area contributed by atoms with Gasteiger partial charge < -0.3 is 9.84 Å². The lowest BCUT2D eigenvalue weighted by atomic mass is 9.79. The molecule has 1 N–H and O–H groups in total. The number of carbonyl (C=O) groups excluding carboxylic acids is 1. The fraction of sp³-hybridized carbons (Fsp3) is 0.941. The third-order valence-corrected chi connectivity index (χ3v) is 4.73. The standard InChI is InChI=1S/C17H32NO4/c1-10(2)15(20)8-14-12(5)16(22-17(14)11(3)4)7-13(19)9-18(6)21/h10-14,16-17,19H,7-9H2,1-6H3/q+1/t12-,13?,14-,16-,17+/m1/s1. The third-order valence-electron chi connectivity index (χ3n) is 4.73. The number of aliphatic hydroxyl groups excluding tert-OH is 1. The molecule has 1 aliphatic rings. The number of hydrogen-bond donors (Lipinski definition) is 1. The number of ether oxygens (including phenoxy) is 1. The van der Waals surface area contributed by atoms with Crippen molar-refractivity contribution in [3.63, 3.8) is 0 Å². The number of hydrogen-bond acceptors (Lipinski definition) is 4. The molecule has 5 nitrogen and oxygen atoms in total. The molecule has 0 spiro atoms. The molecule has 128 valence electrons. The third kappa shape index (κ3) is 5.13. The molecule has 1 heterocycles. The minimum Gasteiger partial charge on any atom is -0.386 e. The highest BCUT2D eigenvalue weighted by Gasteiger charge is 2.44. The predicted molar refractivity (Wildman–Crippen MR) is 85.7 cm³/mol. The molecule has 0 bridgehead atoms. The number of carbonyl (C=O) groups is 1. The first kappa shape index (κ1) is 19.2. The summed E-state index contributed by atoms with van der Waals surface area (Å²) in [5.41, 5.74) is 0. The molecule has 0 radical (unpaired) electrons. The van der Waals surface area contributed by atoms with E-state index in [0.717, 1.165) is 4.76 Å². The van der Waals surface area contributed by atoms with E-state index in [1.165, 1.54) is 7.05 Å². The number of likely N-dealkylation sites (N-methyl/N-ethyl adjacent to an activating group) is 1. The summed E-state index contributed by atoms with van der Waals surface area (Å²) in [7, 11) is 1.41. The molecule has 0 amide bonds. The van der Waals surface area contributed by atoms with E-state index in [2.05, 4.69) is 20.8 Å². The molecule has 1 unspecified atom stereocenters. The Bertz CT molecular complexity index is 394. The maximum absolute atomic E-state index is 12.1. The molecule has 1 aliphatic heterocycles. The van der Waals surface area contributed by atoms with Gasteiger partial charge in [-0.1, -0.05) is 34.6 Å². The van der Waals surface area contributed by atoms with Gasteiger partial charge >= 0.3 is 0 Å². The van der Waals surface area contributed by atoms with Crippen molar-refractivity contribution >= 4 is 5.78 Å². The number of Topliss-reactive ketones (excluding diaryl/α,β-unsaturated/α-hetero) is 1. The van der Waals surface area contributed by atoms with Gasteiger partial charge in [0.1, 0.15) is 11.9 Å². The number of nitroso groups, excluding NO2 is 1. The van der Waals surface area contributed by atoms with Crippen LogP contribution in [0.5, 0.6) is 0 Å².